The van der Waals surface area contributed by atoms with E-state index >= 15 is 0 Å². The summed E-state index contributed by atoms with van der Waals surface area (Å²) in [5, 5.41) is 7.98. The molecule has 1 heterocycles. The molecular formula is C12H15NO7S. The van der Waals surface area contributed by atoms with Crippen molar-refractivity contribution >= 4 is 27.9 Å². The summed E-state index contributed by atoms with van der Waals surface area (Å²) in [5.74, 6) is -2.79. The van der Waals surface area contributed by atoms with Gasteiger partial charge in [0.15, 0.2) is 0 Å². The first-order valence-corrected chi connectivity index (χ1v) is 7.92. The smallest absolute Gasteiger partial charge is 0.312 e. The minimum absolute atomic E-state index is 0.0191. The van der Waals surface area contributed by atoms with Crippen LogP contribution >= 0.6 is 0 Å². The highest BCUT2D eigenvalue weighted by atomic mass is 32.2. The topological polar surface area (TPSA) is 129 Å². The van der Waals surface area contributed by atoms with Crippen molar-refractivity contribution in [2.45, 2.75) is 30.9 Å². The lowest BCUT2D eigenvalue weighted by atomic mass is 9.73. The van der Waals surface area contributed by atoms with Crippen LogP contribution in [0, 0.1) is 5.41 Å². The molecule has 2 unspecified atom stereocenters. The van der Waals surface area contributed by atoms with Crippen molar-refractivity contribution in [2.24, 2.45) is 5.41 Å². The Bertz CT molecular complexity index is 606. The first kappa shape index (κ1) is 15.6. The van der Waals surface area contributed by atoms with E-state index in [0.29, 0.717) is 17.7 Å². The van der Waals surface area contributed by atoms with Gasteiger partial charge in [0.25, 0.3) is 21.9 Å². The lowest BCUT2D eigenvalue weighted by molar-refractivity contribution is -0.154. The summed E-state index contributed by atoms with van der Waals surface area (Å²) in [6.45, 7) is -0.558. The minimum atomic E-state index is -4.61. The van der Waals surface area contributed by atoms with Crippen LogP contribution in [-0.4, -0.2) is 52.6 Å². The van der Waals surface area contributed by atoms with Gasteiger partial charge < -0.3 is 5.11 Å². The average Bonchev–Trinajstić information content (AvgIpc) is 2.69. The number of carboxylic acids is 1. The summed E-state index contributed by atoms with van der Waals surface area (Å²) in [4.78, 5) is 35.6. The minimum Gasteiger partial charge on any atom is -0.481 e. The molecule has 9 heteroatoms. The average molecular weight is 317 g/mol. The summed E-state index contributed by atoms with van der Waals surface area (Å²) in [5.41, 5.74) is -1.87. The Hall–Kier alpha value is -1.74. The fourth-order valence-corrected chi connectivity index (χ4v) is 4.33. The summed E-state index contributed by atoms with van der Waals surface area (Å²) < 4.78 is 32.4. The highest BCUT2D eigenvalue weighted by molar-refractivity contribution is 7.86. The van der Waals surface area contributed by atoms with Crippen LogP contribution in [0.4, 0.5) is 0 Å². The summed E-state index contributed by atoms with van der Waals surface area (Å²) >= 11 is 0. The van der Waals surface area contributed by atoms with E-state index in [1.165, 1.54) is 0 Å². The third-order valence-electron chi connectivity index (χ3n) is 4.08. The Balaban J connectivity index is 2.41. The van der Waals surface area contributed by atoms with Crippen LogP contribution in [0.15, 0.2) is 12.2 Å². The number of carbonyl (C=O) groups is 3. The second kappa shape index (κ2) is 5.23. The molecule has 2 amide bonds. The zero-order chi connectivity index (χ0) is 15.8. The number of carbonyl (C=O) groups excluding carboxylic acids is 2. The van der Waals surface area contributed by atoms with Gasteiger partial charge in [-0.15, -0.1) is 0 Å². The molecule has 2 aliphatic rings. The van der Waals surface area contributed by atoms with Gasteiger partial charge in [-0.2, -0.15) is 8.42 Å². The molecule has 2 N–H and O–H groups in total. The largest absolute Gasteiger partial charge is 0.481 e. The predicted molar refractivity (Wildman–Crippen MR) is 69.7 cm³/mol. The van der Waals surface area contributed by atoms with Crippen LogP contribution in [0.1, 0.15) is 25.7 Å². The second-order valence-electron chi connectivity index (χ2n) is 5.31. The predicted octanol–water partition coefficient (Wildman–Crippen LogP) is -0.187. The molecule has 2 atom stereocenters. The van der Waals surface area contributed by atoms with Crippen molar-refractivity contribution in [3.05, 3.63) is 12.2 Å². The molecule has 2 rings (SSSR count). The van der Waals surface area contributed by atoms with Gasteiger partial charge in [0, 0.05) is 18.7 Å². The Labute approximate surface area is 121 Å². The van der Waals surface area contributed by atoms with Crippen molar-refractivity contribution in [1.82, 2.24) is 4.90 Å². The molecule has 1 saturated carbocycles. The number of imide groups is 1. The van der Waals surface area contributed by atoms with E-state index in [2.05, 4.69) is 0 Å². The van der Waals surface area contributed by atoms with Crippen molar-refractivity contribution in [3.8, 4) is 0 Å². The highest BCUT2D eigenvalue weighted by Crippen LogP contribution is 2.41. The molecule has 1 aliphatic heterocycles. The van der Waals surface area contributed by atoms with E-state index in [9.17, 15) is 32.5 Å². The number of amides is 2. The number of nitrogens with zero attached hydrogens (tertiary/aromatic N) is 1. The zero-order valence-corrected chi connectivity index (χ0v) is 11.9. The van der Waals surface area contributed by atoms with Gasteiger partial charge in [-0.05, 0) is 12.8 Å². The molecule has 0 radical (unpaired) electrons. The fraction of sp³-hybridized carbons (Fsp3) is 0.583. The van der Waals surface area contributed by atoms with E-state index in [4.69, 9.17) is 0 Å². The molecule has 21 heavy (non-hydrogen) atoms. The number of carboxylic acid groups (broad SMARTS) is 1. The van der Waals surface area contributed by atoms with Gasteiger partial charge in [0.05, 0.1) is 0 Å². The van der Waals surface area contributed by atoms with Crippen molar-refractivity contribution in [1.29, 1.82) is 0 Å². The first-order chi connectivity index (χ1) is 9.68. The third-order valence-corrected chi connectivity index (χ3v) is 5.49. The van der Waals surface area contributed by atoms with E-state index < -0.39 is 45.1 Å². The maximum absolute atomic E-state index is 11.7. The van der Waals surface area contributed by atoms with Crippen molar-refractivity contribution < 1.29 is 32.5 Å². The van der Waals surface area contributed by atoms with Gasteiger partial charge >= 0.3 is 5.97 Å². The number of hydrogen-bond acceptors (Lipinski definition) is 5. The Morgan fingerprint density at radius 3 is 2.33 bits per heavy atom. The molecule has 8 nitrogen and oxygen atoms in total. The van der Waals surface area contributed by atoms with Crippen molar-refractivity contribution in [3.63, 3.8) is 0 Å². The molecular weight excluding hydrogens is 302 g/mol. The zero-order valence-electron chi connectivity index (χ0n) is 11.1. The van der Waals surface area contributed by atoms with Crippen LogP contribution < -0.4 is 0 Å². The lowest BCUT2D eigenvalue weighted by Crippen LogP contribution is -2.56. The van der Waals surface area contributed by atoms with Gasteiger partial charge in [-0.1, -0.05) is 12.8 Å². The molecule has 0 bridgehead atoms. The van der Waals surface area contributed by atoms with Gasteiger partial charge in [0.2, 0.25) is 0 Å². The fourth-order valence-electron chi connectivity index (χ4n) is 3.00. The number of rotatable bonds is 4. The van der Waals surface area contributed by atoms with E-state index in [0.717, 1.165) is 12.2 Å². The monoisotopic (exact) mass is 317 g/mol. The Kier molecular flexibility index (Phi) is 3.89. The Morgan fingerprint density at radius 1 is 1.29 bits per heavy atom. The Morgan fingerprint density at radius 2 is 1.86 bits per heavy atom. The van der Waals surface area contributed by atoms with Crippen molar-refractivity contribution in [2.75, 3.05) is 6.54 Å². The maximum Gasteiger partial charge on any atom is 0.312 e. The molecule has 0 spiro atoms. The normalized spacial score (nSPS) is 30.0. The molecule has 0 saturated heterocycles. The molecule has 0 aromatic heterocycles. The molecule has 116 valence electrons. The van der Waals surface area contributed by atoms with E-state index in [-0.39, 0.29) is 12.8 Å². The van der Waals surface area contributed by atoms with Crippen LogP contribution in [0.2, 0.25) is 0 Å². The van der Waals surface area contributed by atoms with E-state index in [1.807, 2.05) is 0 Å². The summed E-state index contributed by atoms with van der Waals surface area (Å²) in [6.07, 6.45) is 2.87. The standard InChI is InChI=1S/C12H15NO7S/c14-9-4-5-10(15)13(9)7-12(11(16)17)6-2-1-3-8(12)21(18,19)20/h4-5,8H,1-3,6-7H2,(H,16,17)(H,18,19,20). The first-order valence-electron chi connectivity index (χ1n) is 6.42. The lowest BCUT2D eigenvalue weighted by Gasteiger charge is -2.40. The van der Waals surface area contributed by atoms with E-state index in [1.54, 1.807) is 0 Å². The number of hydrogen-bond donors (Lipinski definition) is 2. The molecule has 0 aromatic rings. The molecule has 0 aromatic carbocycles. The van der Waals surface area contributed by atoms with Crippen LogP contribution in [-0.2, 0) is 24.5 Å². The highest BCUT2D eigenvalue weighted by Gasteiger charge is 2.55. The second-order valence-corrected chi connectivity index (χ2v) is 6.91. The molecule has 1 aliphatic carbocycles. The van der Waals surface area contributed by atoms with Crippen LogP contribution in [0.5, 0.6) is 0 Å². The quantitative estimate of drug-likeness (QED) is 0.543. The van der Waals surface area contributed by atoms with Crippen LogP contribution in [0.3, 0.4) is 0 Å². The molecule has 1 fully saturated rings. The third kappa shape index (κ3) is 2.70. The van der Waals surface area contributed by atoms with Gasteiger partial charge in [-0.25, -0.2) is 0 Å². The van der Waals surface area contributed by atoms with Gasteiger partial charge in [0.1, 0.15) is 10.7 Å². The summed E-state index contributed by atoms with van der Waals surface area (Å²) in [7, 11) is -4.61. The number of aliphatic carboxylic acids is 1. The SMILES string of the molecule is O=C1C=CC(=O)N1CC1(C(=O)O)CCCCC1S(=O)(=O)O. The van der Waals surface area contributed by atoms with Crippen LogP contribution in [0.25, 0.3) is 0 Å². The maximum atomic E-state index is 11.7. The van der Waals surface area contributed by atoms with Gasteiger partial charge in [-0.3, -0.25) is 23.8 Å². The summed E-state index contributed by atoms with van der Waals surface area (Å²) in [6, 6.07) is 0.